The quantitative estimate of drug-likeness (QED) is 0.126. The lowest BCUT2D eigenvalue weighted by Crippen LogP contribution is -2.18. The van der Waals surface area contributed by atoms with Gasteiger partial charge in [-0.3, -0.25) is 0 Å². The number of nitrogens with two attached hydrogens (primary N) is 2. The van der Waals surface area contributed by atoms with E-state index in [2.05, 4.69) is 63.7 Å². The van der Waals surface area contributed by atoms with E-state index in [9.17, 15) is 0 Å². The summed E-state index contributed by atoms with van der Waals surface area (Å²) in [6, 6.07) is 31.0. The molecule has 0 atom stereocenters. The van der Waals surface area contributed by atoms with Gasteiger partial charge in [0.15, 0.2) is 0 Å². The van der Waals surface area contributed by atoms with E-state index in [-0.39, 0.29) is 0 Å². The van der Waals surface area contributed by atoms with E-state index in [0.717, 1.165) is 40.6 Å². The lowest BCUT2D eigenvalue weighted by atomic mass is 10.1. The highest BCUT2D eigenvalue weighted by Crippen LogP contribution is 2.28. The van der Waals surface area contributed by atoms with Crippen LogP contribution in [0.2, 0.25) is 6.82 Å². The van der Waals surface area contributed by atoms with Gasteiger partial charge in [0.05, 0.1) is 11.4 Å². The fourth-order valence-electron chi connectivity index (χ4n) is 2.45. The SMILES string of the molecule is Brc1ccc(Br)cc1.C[B]ON(c1ccc(Br)cc1)c1ccc(Br)cc1.Nc1ccc(N)cc1. The Balaban J connectivity index is 0.000000210. The molecule has 4 aromatic carbocycles. The molecule has 175 valence electrons. The van der Waals surface area contributed by atoms with Gasteiger partial charge < -0.3 is 16.2 Å². The summed E-state index contributed by atoms with van der Waals surface area (Å²) >= 11 is 13.5. The van der Waals surface area contributed by atoms with E-state index in [0.29, 0.717) is 0 Å². The average Bonchev–Trinajstić information content (AvgIpc) is 2.84. The molecule has 4 N–H and O–H groups in total. The van der Waals surface area contributed by atoms with Crippen molar-refractivity contribution < 1.29 is 4.76 Å². The number of hydrogen-bond acceptors (Lipinski definition) is 4. The minimum absolute atomic E-state index is 0.749. The number of hydrogen-bond donors (Lipinski definition) is 2. The Bertz CT molecular complexity index is 980. The molecule has 0 fully saturated rings. The molecular weight excluding hydrogens is 689 g/mol. The zero-order chi connectivity index (χ0) is 24.9. The Morgan fingerprint density at radius 1 is 0.529 bits per heavy atom. The summed E-state index contributed by atoms with van der Waals surface area (Å²) in [5.41, 5.74) is 14.2. The zero-order valence-corrected chi connectivity index (χ0v) is 24.7. The van der Waals surface area contributed by atoms with Crippen molar-refractivity contribution in [3.05, 3.63) is 115 Å². The molecule has 4 rings (SSSR count). The number of rotatable bonds is 4. The van der Waals surface area contributed by atoms with E-state index in [1.54, 1.807) is 36.8 Å². The molecule has 0 bridgehead atoms. The highest BCUT2D eigenvalue weighted by atomic mass is 79.9. The molecule has 0 aromatic heterocycles. The first-order chi connectivity index (χ1) is 16.3. The van der Waals surface area contributed by atoms with Crippen molar-refractivity contribution in [2.45, 2.75) is 6.82 Å². The maximum absolute atomic E-state index is 5.57. The van der Waals surface area contributed by atoms with Crippen LogP contribution < -0.4 is 16.5 Å². The lowest BCUT2D eigenvalue weighted by Gasteiger charge is -2.24. The van der Waals surface area contributed by atoms with E-state index < -0.39 is 0 Å². The number of halogens is 4. The standard InChI is InChI=1S/C13H11BBr2NO.C6H4Br2.C6H8N2/c1-14-18-17(12-6-2-10(15)3-7-12)13-8-4-11(16)5-9-13;2*7-5-1-2-6(8)4-3-5/h2-9H,1H3;1-4H;1-4H,7-8H2. The van der Waals surface area contributed by atoms with E-state index in [4.69, 9.17) is 16.2 Å². The topological polar surface area (TPSA) is 64.5 Å². The second-order valence-electron chi connectivity index (χ2n) is 6.69. The van der Waals surface area contributed by atoms with Crippen molar-refractivity contribution >= 4 is 94.0 Å². The monoisotopic (exact) mass is 708 g/mol. The Morgan fingerprint density at radius 3 is 1.06 bits per heavy atom. The number of benzene rings is 4. The third kappa shape index (κ3) is 10.7. The van der Waals surface area contributed by atoms with Crippen LogP contribution in [0.3, 0.4) is 0 Å². The van der Waals surface area contributed by atoms with Crippen LogP contribution in [0.4, 0.5) is 22.7 Å². The van der Waals surface area contributed by atoms with Gasteiger partial charge in [-0.1, -0.05) is 70.5 Å². The van der Waals surface area contributed by atoms with Crippen LogP contribution in [0.1, 0.15) is 0 Å². The number of nitrogens with zero attached hydrogens (tertiary/aromatic N) is 1. The van der Waals surface area contributed by atoms with Crippen LogP contribution in [0, 0.1) is 0 Å². The van der Waals surface area contributed by atoms with Gasteiger partial charge in [-0.15, -0.1) is 0 Å². The third-order valence-corrected chi connectivity index (χ3v) is 6.19. The average molecular weight is 712 g/mol. The van der Waals surface area contributed by atoms with Gasteiger partial charge in [-0.2, -0.15) is 0 Å². The van der Waals surface area contributed by atoms with Gasteiger partial charge in [0.25, 0.3) is 0 Å². The van der Waals surface area contributed by atoms with Crippen molar-refractivity contribution in [1.82, 2.24) is 0 Å². The molecule has 0 amide bonds. The Kier molecular flexibility index (Phi) is 12.8. The lowest BCUT2D eigenvalue weighted by molar-refractivity contribution is 0.346. The van der Waals surface area contributed by atoms with Crippen LogP contribution in [-0.4, -0.2) is 7.48 Å². The Morgan fingerprint density at radius 2 is 0.794 bits per heavy atom. The molecule has 1 radical (unpaired) electrons. The summed E-state index contributed by atoms with van der Waals surface area (Å²) in [5.74, 6) is 0. The van der Waals surface area contributed by atoms with Gasteiger partial charge >= 0.3 is 7.48 Å². The second kappa shape index (κ2) is 15.3. The third-order valence-electron chi connectivity index (χ3n) is 4.07. The first kappa shape index (κ1) is 28.5. The van der Waals surface area contributed by atoms with Crippen molar-refractivity contribution in [3.8, 4) is 0 Å². The molecule has 4 aromatic rings. The van der Waals surface area contributed by atoms with E-state index >= 15 is 0 Å². The van der Waals surface area contributed by atoms with Crippen LogP contribution in [0.15, 0.2) is 115 Å². The molecular formula is C25H23BBr4N3O. The first-order valence-corrected chi connectivity index (χ1v) is 13.2. The molecule has 0 spiro atoms. The number of nitrogen functional groups attached to an aromatic ring is 2. The number of anilines is 4. The molecule has 0 aliphatic heterocycles. The van der Waals surface area contributed by atoms with Gasteiger partial charge in [0.2, 0.25) is 0 Å². The Hall–Kier alpha value is -1.78. The molecule has 0 aliphatic carbocycles. The zero-order valence-electron chi connectivity index (χ0n) is 18.3. The van der Waals surface area contributed by atoms with Crippen LogP contribution in [0.25, 0.3) is 0 Å². The minimum Gasteiger partial charge on any atom is -0.399 e. The smallest absolute Gasteiger partial charge is 0.331 e. The van der Waals surface area contributed by atoms with E-state index in [1.807, 2.05) is 79.6 Å². The molecule has 4 nitrogen and oxygen atoms in total. The van der Waals surface area contributed by atoms with Crippen molar-refractivity contribution in [2.24, 2.45) is 0 Å². The fourth-order valence-corrected chi connectivity index (χ4v) is 3.51. The van der Waals surface area contributed by atoms with Crippen LogP contribution in [0.5, 0.6) is 0 Å². The van der Waals surface area contributed by atoms with Crippen molar-refractivity contribution in [1.29, 1.82) is 0 Å². The summed E-state index contributed by atoms with van der Waals surface area (Å²) < 4.78 is 9.88. The van der Waals surface area contributed by atoms with Gasteiger partial charge in [0.1, 0.15) is 0 Å². The maximum Gasteiger partial charge on any atom is 0.331 e. The summed E-state index contributed by atoms with van der Waals surface area (Å²) in [7, 11) is 1.66. The highest BCUT2D eigenvalue weighted by molar-refractivity contribution is 9.11. The van der Waals surface area contributed by atoms with Gasteiger partial charge in [-0.25, -0.2) is 5.06 Å². The molecule has 0 aliphatic rings. The summed E-state index contributed by atoms with van der Waals surface area (Å²) in [6.07, 6.45) is 0. The fraction of sp³-hybridized carbons (Fsp3) is 0.0400. The Labute approximate surface area is 235 Å². The summed E-state index contributed by atoms with van der Waals surface area (Å²) in [5, 5.41) is 1.78. The maximum atomic E-state index is 5.57. The van der Waals surface area contributed by atoms with Crippen LogP contribution in [-0.2, 0) is 4.76 Å². The van der Waals surface area contributed by atoms with E-state index in [1.165, 1.54) is 0 Å². The first-order valence-electron chi connectivity index (χ1n) is 10.1. The normalized spacial score (nSPS) is 9.68. The highest BCUT2D eigenvalue weighted by Gasteiger charge is 2.09. The minimum atomic E-state index is 0.749. The predicted octanol–water partition coefficient (Wildman–Crippen LogP) is 9.01. The van der Waals surface area contributed by atoms with Crippen molar-refractivity contribution in [3.63, 3.8) is 0 Å². The van der Waals surface area contributed by atoms with Crippen LogP contribution >= 0.6 is 63.7 Å². The summed E-state index contributed by atoms with van der Waals surface area (Å²) in [6.45, 7) is 1.85. The predicted molar refractivity (Wildman–Crippen MR) is 160 cm³/mol. The molecule has 9 heteroatoms. The van der Waals surface area contributed by atoms with Gasteiger partial charge in [-0.05, 0) is 97.1 Å². The molecule has 34 heavy (non-hydrogen) atoms. The molecule has 0 unspecified atom stereocenters. The van der Waals surface area contributed by atoms with Crippen molar-refractivity contribution in [2.75, 3.05) is 16.5 Å². The molecule has 0 heterocycles. The second-order valence-corrected chi connectivity index (χ2v) is 10.4. The summed E-state index contributed by atoms with van der Waals surface area (Å²) in [4.78, 5) is 0. The van der Waals surface area contributed by atoms with Gasteiger partial charge in [0, 0.05) is 29.3 Å². The molecule has 0 saturated carbocycles. The largest absolute Gasteiger partial charge is 0.399 e. The molecule has 0 saturated heterocycles.